The third-order valence-corrected chi connectivity index (χ3v) is 4.60. The van der Waals surface area contributed by atoms with Crippen molar-refractivity contribution in [1.29, 1.82) is 0 Å². The molecule has 0 saturated heterocycles. The molecule has 0 fully saturated rings. The Morgan fingerprint density at radius 3 is 2.75 bits per heavy atom. The number of benzene rings is 1. The molecule has 2 aromatic heterocycles. The molecule has 0 unspecified atom stereocenters. The van der Waals surface area contributed by atoms with Crippen LogP contribution in [0.25, 0.3) is 4.96 Å². The number of aromatic nitrogens is 2. The third kappa shape index (κ3) is 2.20. The van der Waals surface area contributed by atoms with Crippen molar-refractivity contribution in [3.05, 3.63) is 51.8 Å². The zero-order valence-corrected chi connectivity index (χ0v) is 13.1. The summed E-state index contributed by atoms with van der Waals surface area (Å²) in [5, 5.41) is 5.69. The zero-order chi connectivity index (χ0) is 14.3. The van der Waals surface area contributed by atoms with Crippen molar-refractivity contribution in [2.45, 2.75) is 34.2 Å². The Balaban J connectivity index is 1.90. The van der Waals surface area contributed by atoms with E-state index in [1.165, 1.54) is 28.2 Å². The molecule has 3 nitrogen and oxygen atoms in total. The van der Waals surface area contributed by atoms with Crippen LogP contribution in [0.2, 0.25) is 0 Å². The van der Waals surface area contributed by atoms with Crippen molar-refractivity contribution in [1.82, 2.24) is 9.38 Å². The number of rotatable bonds is 3. The molecular weight excluding hydrogens is 266 g/mol. The molecule has 4 heteroatoms. The van der Waals surface area contributed by atoms with E-state index in [0.29, 0.717) is 0 Å². The first-order chi connectivity index (χ1) is 9.56. The van der Waals surface area contributed by atoms with Crippen LogP contribution in [0, 0.1) is 27.7 Å². The highest BCUT2D eigenvalue weighted by atomic mass is 32.1. The van der Waals surface area contributed by atoms with Crippen LogP contribution in [-0.2, 0) is 6.54 Å². The first-order valence-electron chi connectivity index (χ1n) is 6.79. The summed E-state index contributed by atoms with van der Waals surface area (Å²) in [4.78, 5) is 5.71. The molecule has 0 spiro atoms. The molecule has 20 heavy (non-hydrogen) atoms. The van der Waals surface area contributed by atoms with Crippen LogP contribution < -0.4 is 5.32 Å². The minimum Gasteiger partial charge on any atom is -0.379 e. The molecular formula is C16H19N3S. The Morgan fingerprint density at radius 1 is 1.20 bits per heavy atom. The normalized spacial score (nSPS) is 11.2. The molecule has 3 rings (SSSR count). The number of nitrogens with one attached hydrogen (secondary N) is 1. The molecule has 1 aromatic carbocycles. The van der Waals surface area contributed by atoms with Gasteiger partial charge in [-0.25, -0.2) is 4.98 Å². The fourth-order valence-corrected chi connectivity index (χ4v) is 3.50. The largest absolute Gasteiger partial charge is 0.379 e. The summed E-state index contributed by atoms with van der Waals surface area (Å²) in [6.45, 7) is 9.28. The lowest BCUT2D eigenvalue weighted by Gasteiger charge is -2.11. The number of anilines is 1. The van der Waals surface area contributed by atoms with Gasteiger partial charge in [0, 0.05) is 16.8 Å². The number of aryl methyl sites for hydroxylation is 4. The molecule has 0 bridgehead atoms. The molecule has 0 amide bonds. The van der Waals surface area contributed by atoms with E-state index in [-0.39, 0.29) is 0 Å². The van der Waals surface area contributed by atoms with Gasteiger partial charge in [-0.1, -0.05) is 17.7 Å². The topological polar surface area (TPSA) is 29.3 Å². The Hall–Kier alpha value is -1.81. The number of thiazole rings is 1. The Bertz CT molecular complexity index is 767. The number of hydrogen-bond donors (Lipinski definition) is 1. The standard InChI is InChI=1S/C16H19N3S/c1-10-5-6-14(11(2)7-10)17-8-15-13(4)18-16-19(15)12(3)9-20-16/h5-7,9,17H,8H2,1-4H3. The van der Waals surface area contributed by atoms with Crippen LogP contribution in [0.1, 0.15) is 28.2 Å². The fraction of sp³-hybridized carbons (Fsp3) is 0.312. The summed E-state index contributed by atoms with van der Waals surface area (Å²) in [7, 11) is 0. The van der Waals surface area contributed by atoms with E-state index >= 15 is 0 Å². The summed E-state index contributed by atoms with van der Waals surface area (Å²) in [5.74, 6) is 0. The van der Waals surface area contributed by atoms with E-state index in [0.717, 1.165) is 17.2 Å². The van der Waals surface area contributed by atoms with E-state index in [1.54, 1.807) is 11.3 Å². The Morgan fingerprint density at radius 2 is 2.00 bits per heavy atom. The van der Waals surface area contributed by atoms with E-state index in [9.17, 15) is 0 Å². The second-order valence-corrected chi connectivity index (χ2v) is 6.15. The average Bonchev–Trinajstić information content (AvgIpc) is 2.89. The van der Waals surface area contributed by atoms with Gasteiger partial charge in [-0.05, 0) is 39.3 Å². The van der Waals surface area contributed by atoms with E-state index < -0.39 is 0 Å². The maximum Gasteiger partial charge on any atom is 0.194 e. The van der Waals surface area contributed by atoms with Crippen molar-refractivity contribution in [3.63, 3.8) is 0 Å². The third-order valence-electron chi connectivity index (χ3n) is 3.66. The van der Waals surface area contributed by atoms with Gasteiger partial charge in [-0.3, -0.25) is 4.40 Å². The first-order valence-corrected chi connectivity index (χ1v) is 7.67. The Kier molecular flexibility index (Phi) is 3.26. The molecule has 1 N–H and O–H groups in total. The monoisotopic (exact) mass is 285 g/mol. The highest BCUT2D eigenvalue weighted by molar-refractivity contribution is 7.15. The van der Waals surface area contributed by atoms with Crippen LogP contribution in [0.4, 0.5) is 5.69 Å². The number of fused-ring (bicyclic) bond motifs is 1. The number of nitrogens with zero attached hydrogens (tertiary/aromatic N) is 2. The fourth-order valence-electron chi connectivity index (χ4n) is 2.57. The molecule has 3 aromatic rings. The minimum atomic E-state index is 0.800. The summed E-state index contributed by atoms with van der Waals surface area (Å²) in [6, 6.07) is 6.50. The molecule has 0 atom stereocenters. The lowest BCUT2D eigenvalue weighted by molar-refractivity contribution is 0.964. The smallest absolute Gasteiger partial charge is 0.194 e. The molecule has 0 aliphatic carbocycles. The van der Waals surface area contributed by atoms with Crippen LogP contribution in [0.3, 0.4) is 0 Å². The van der Waals surface area contributed by atoms with Gasteiger partial charge in [0.2, 0.25) is 0 Å². The van der Waals surface area contributed by atoms with Gasteiger partial charge in [-0.2, -0.15) is 0 Å². The average molecular weight is 285 g/mol. The van der Waals surface area contributed by atoms with Crippen LogP contribution in [-0.4, -0.2) is 9.38 Å². The molecule has 104 valence electrons. The predicted octanol–water partition coefficient (Wildman–Crippen LogP) is 4.24. The highest BCUT2D eigenvalue weighted by Crippen LogP contribution is 2.22. The summed E-state index contributed by atoms with van der Waals surface area (Å²) in [6.07, 6.45) is 0. The predicted molar refractivity (Wildman–Crippen MR) is 85.8 cm³/mol. The van der Waals surface area contributed by atoms with Crippen molar-refractivity contribution in [2.75, 3.05) is 5.32 Å². The number of imidazole rings is 1. The number of hydrogen-bond acceptors (Lipinski definition) is 3. The minimum absolute atomic E-state index is 0.800. The molecule has 0 aliphatic heterocycles. The van der Waals surface area contributed by atoms with E-state index in [2.05, 4.69) is 66.0 Å². The second kappa shape index (κ2) is 4.94. The summed E-state index contributed by atoms with van der Waals surface area (Å²) in [5.41, 5.74) is 7.38. The van der Waals surface area contributed by atoms with Crippen LogP contribution in [0.15, 0.2) is 23.6 Å². The summed E-state index contributed by atoms with van der Waals surface area (Å²) >= 11 is 1.70. The van der Waals surface area contributed by atoms with Crippen molar-refractivity contribution < 1.29 is 0 Å². The van der Waals surface area contributed by atoms with Gasteiger partial charge in [0.1, 0.15) is 0 Å². The lowest BCUT2D eigenvalue weighted by Crippen LogP contribution is -2.05. The Labute approximate surface area is 123 Å². The van der Waals surface area contributed by atoms with Gasteiger partial charge in [-0.15, -0.1) is 11.3 Å². The van der Waals surface area contributed by atoms with E-state index in [1.807, 2.05) is 0 Å². The van der Waals surface area contributed by atoms with Crippen LogP contribution >= 0.6 is 11.3 Å². The summed E-state index contributed by atoms with van der Waals surface area (Å²) < 4.78 is 2.25. The van der Waals surface area contributed by atoms with Gasteiger partial charge >= 0.3 is 0 Å². The van der Waals surface area contributed by atoms with Crippen LogP contribution in [0.5, 0.6) is 0 Å². The second-order valence-electron chi connectivity index (χ2n) is 5.31. The van der Waals surface area contributed by atoms with Gasteiger partial charge in [0.15, 0.2) is 4.96 Å². The molecule has 0 aliphatic rings. The van der Waals surface area contributed by atoms with Gasteiger partial charge in [0.05, 0.1) is 17.9 Å². The lowest BCUT2D eigenvalue weighted by atomic mass is 10.1. The quantitative estimate of drug-likeness (QED) is 0.780. The SMILES string of the molecule is Cc1ccc(NCc2c(C)nc3scc(C)n23)c(C)c1. The van der Waals surface area contributed by atoms with Gasteiger partial charge < -0.3 is 5.32 Å². The van der Waals surface area contributed by atoms with Crippen molar-refractivity contribution in [2.24, 2.45) is 0 Å². The highest BCUT2D eigenvalue weighted by Gasteiger charge is 2.12. The first kappa shape index (κ1) is 13.2. The van der Waals surface area contributed by atoms with E-state index in [4.69, 9.17) is 0 Å². The van der Waals surface area contributed by atoms with Gasteiger partial charge in [0.25, 0.3) is 0 Å². The maximum absolute atomic E-state index is 4.62. The molecule has 2 heterocycles. The zero-order valence-electron chi connectivity index (χ0n) is 12.3. The maximum atomic E-state index is 4.62. The van der Waals surface area contributed by atoms with Crippen molar-refractivity contribution in [3.8, 4) is 0 Å². The molecule has 0 radical (unpaired) electrons. The molecule has 0 saturated carbocycles. The van der Waals surface area contributed by atoms with Crippen molar-refractivity contribution >= 4 is 22.0 Å².